The van der Waals surface area contributed by atoms with E-state index in [1.165, 1.54) is 25.1 Å². The van der Waals surface area contributed by atoms with E-state index < -0.39 is 27.4 Å². The third-order valence-corrected chi connectivity index (χ3v) is 5.44. The predicted octanol–water partition coefficient (Wildman–Crippen LogP) is 1.74. The van der Waals surface area contributed by atoms with Crippen molar-refractivity contribution in [1.29, 1.82) is 0 Å². The molecule has 1 amide bonds. The van der Waals surface area contributed by atoms with Crippen molar-refractivity contribution in [2.75, 3.05) is 11.1 Å². The van der Waals surface area contributed by atoms with Gasteiger partial charge in [0, 0.05) is 47.0 Å². The standard InChI is InChI=1S/C18H17NO7S/c1-11(20)19-14-2-3-15-13(7-18(22)26-16(15)8-14)9-25-17(21)6-12-4-5-27(23,24)10-12/h2-5,7-8,12H,6,9-10H2,1H3,(H,19,20). The van der Waals surface area contributed by atoms with E-state index in [1.54, 1.807) is 12.1 Å². The van der Waals surface area contributed by atoms with Crippen LogP contribution >= 0.6 is 0 Å². The maximum atomic E-state index is 12.0. The third kappa shape index (κ3) is 4.82. The Morgan fingerprint density at radius 3 is 2.74 bits per heavy atom. The molecule has 1 aromatic carbocycles. The predicted molar refractivity (Wildman–Crippen MR) is 97.6 cm³/mol. The average Bonchev–Trinajstić information content (AvgIpc) is 2.90. The molecule has 1 unspecified atom stereocenters. The monoisotopic (exact) mass is 391 g/mol. The Morgan fingerprint density at radius 1 is 1.30 bits per heavy atom. The van der Waals surface area contributed by atoms with Gasteiger partial charge < -0.3 is 14.5 Å². The molecule has 8 nitrogen and oxygen atoms in total. The summed E-state index contributed by atoms with van der Waals surface area (Å²) in [5.74, 6) is -1.32. The number of ether oxygens (including phenoxy) is 1. The maximum Gasteiger partial charge on any atom is 0.336 e. The van der Waals surface area contributed by atoms with Gasteiger partial charge in [-0.25, -0.2) is 13.2 Å². The van der Waals surface area contributed by atoms with Crippen molar-refractivity contribution in [3.8, 4) is 0 Å². The first-order valence-corrected chi connectivity index (χ1v) is 9.84. The minimum Gasteiger partial charge on any atom is -0.461 e. The number of amides is 1. The van der Waals surface area contributed by atoms with Crippen LogP contribution in [0.4, 0.5) is 5.69 Å². The summed E-state index contributed by atoms with van der Waals surface area (Å²) in [6, 6.07) is 6.04. The van der Waals surface area contributed by atoms with Gasteiger partial charge in [-0.2, -0.15) is 0 Å². The van der Waals surface area contributed by atoms with Crippen LogP contribution in [0.15, 0.2) is 45.0 Å². The average molecular weight is 391 g/mol. The first kappa shape index (κ1) is 18.8. The van der Waals surface area contributed by atoms with Crippen LogP contribution in [0.1, 0.15) is 18.9 Å². The Labute approximate surface area is 154 Å². The van der Waals surface area contributed by atoms with Crippen molar-refractivity contribution < 1.29 is 27.2 Å². The van der Waals surface area contributed by atoms with Gasteiger partial charge in [0.2, 0.25) is 5.91 Å². The van der Waals surface area contributed by atoms with E-state index in [9.17, 15) is 22.8 Å². The number of carbonyl (C=O) groups excluding carboxylic acids is 2. The number of nitrogens with one attached hydrogen (secondary N) is 1. The molecule has 1 aliphatic rings. The lowest BCUT2D eigenvalue weighted by Gasteiger charge is -2.10. The van der Waals surface area contributed by atoms with Gasteiger partial charge in [0.1, 0.15) is 12.2 Å². The van der Waals surface area contributed by atoms with E-state index in [4.69, 9.17) is 9.15 Å². The molecular formula is C18H17NO7S. The lowest BCUT2D eigenvalue weighted by atomic mass is 10.1. The van der Waals surface area contributed by atoms with Gasteiger partial charge in [0.25, 0.3) is 0 Å². The van der Waals surface area contributed by atoms with Crippen LogP contribution in [-0.2, 0) is 30.8 Å². The largest absolute Gasteiger partial charge is 0.461 e. The van der Waals surface area contributed by atoms with E-state index >= 15 is 0 Å². The Hall–Kier alpha value is -2.94. The molecule has 1 aromatic heterocycles. The topological polar surface area (TPSA) is 120 Å². The SMILES string of the molecule is CC(=O)Nc1ccc2c(COC(=O)CC3C=CS(=O)(=O)C3)cc(=O)oc2c1. The number of benzene rings is 1. The molecule has 3 rings (SSSR count). The van der Waals surface area contributed by atoms with Gasteiger partial charge in [-0.15, -0.1) is 0 Å². The summed E-state index contributed by atoms with van der Waals surface area (Å²) in [4.78, 5) is 34.9. The van der Waals surface area contributed by atoms with Gasteiger partial charge in [-0.1, -0.05) is 6.08 Å². The van der Waals surface area contributed by atoms with E-state index in [1.807, 2.05) is 0 Å². The Bertz CT molecular complexity index is 1100. The fourth-order valence-electron chi connectivity index (χ4n) is 2.83. The minimum absolute atomic E-state index is 0.0538. The van der Waals surface area contributed by atoms with Gasteiger partial charge >= 0.3 is 11.6 Å². The van der Waals surface area contributed by atoms with Gasteiger partial charge in [0.15, 0.2) is 9.84 Å². The molecule has 2 heterocycles. The zero-order valence-corrected chi connectivity index (χ0v) is 15.2. The summed E-state index contributed by atoms with van der Waals surface area (Å²) in [6.07, 6.45) is 1.43. The van der Waals surface area contributed by atoms with Crippen molar-refractivity contribution in [2.24, 2.45) is 5.92 Å². The lowest BCUT2D eigenvalue weighted by molar-refractivity contribution is -0.145. The molecule has 1 N–H and O–H groups in total. The molecule has 0 bridgehead atoms. The summed E-state index contributed by atoms with van der Waals surface area (Å²) in [5.41, 5.74) is 0.572. The first-order valence-electron chi connectivity index (χ1n) is 8.13. The molecule has 142 valence electrons. The second kappa shape index (κ2) is 7.36. The fourth-order valence-corrected chi connectivity index (χ4v) is 4.23. The summed E-state index contributed by atoms with van der Waals surface area (Å²) < 4.78 is 33.1. The number of carbonyl (C=O) groups is 2. The second-order valence-electron chi connectivity index (χ2n) is 6.27. The summed E-state index contributed by atoms with van der Waals surface area (Å²) >= 11 is 0. The van der Waals surface area contributed by atoms with Crippen LogP contribution in [0.5, 0.6) is 0 Å². The van der Waals surface area contributed by atoms with E-state index in [0.717, 1.165) is 5.41 Å². The van der Waals surface area contributed by atoms with Crippen molar-refractivity contribution in [1.82, 2.24) is 0 Å². The van der Waals surface area contributed by atoms with Crippen molar-refractivity contribution >= 4 is 38.4 Å². The summed E-state index contributed by atoms with van der Waals surface area (Å²) in [7, 11) is -3.23. The molecular weight excluding hydrogens is 374 g/mol. The number of anilines is 1. The molecule has 0 fully saturated rings. The quantitative estimate of drug-likeness (QED) is 0.609. The molecule has 0 spiro atoms. The fraction of sp³-hybridized carbons (Fsp3) is 0.278. The molecule has 1 atom stereocenters. The lowest BCUT2D eigenvalue weighted by Crippen LogP contribution is -2.14. The highest BCUT2D eigenvalue weighted by Crippen LogP contribution is 2.23. The Morgan fingerprint density at radius 2 is 2.07 bits per heavy atom. The van der Waals surface area contributed by atoms with Crippen LogP contribution in [0.2, 0.25) is 0 Å². The molecule has 9 heteroatoms. The van der Waals surface area contributed by atoms with Crippen LogP contribution in [0.3, 0.4) is 0 Å². The molecule has 2 aromatic rings. The number of hydrogen-bond acceptors (Lipinski definition) is 7. The Kier molecular flexibility index (Phi) is 5.13. The number of esters is 1. The Balaban J connectivity index is 1.72. The smallest absolute Gasteiger partial charge is 0.336 e. The number of rotatable bonds is 5. The van der Waals surface area contributed by atoms with Crippen LogP contribution < -0.4 is 10.9 Å². The van der Waals surface area contributed by atoms with Crippen molar-refractivity contribution in [3.63, 3.8) is 0 Å². The molecule has 27 heavy (non-hydrogen) atoms. The zero-order valence-electron chi connectivity index (χ0n) is 14.4. The molecule has 1 aliphatic heterocycles. The van der Waals surface area contributed by atoms with E-state index in [-0.39, 0.29) is 30.3 Å². The molecule has 0 aliphatic carbocycles. The molecule has 0 saturated carbocycles. The molecule has 0 saturated heterocycles. The highest BCUT2D eigenvalue weighted by Gasteiger charge is 2.24. The van der Waals surface area contributed by atoms with Crippen molar-refractivity contribution in [2.45, 2.75) is 20.0 Å². The van der Waals surface area contributed by atoms with Gasteiger partial charge in [0.05, 0.1) is 12.2 Å². The van der Waals surface area contributed by atoms with Crippen molar-refractivity contribution in [3.05, 3.63) is 51.7 Å². The minimum atomic E-state index is -3.23. The number of fused-ring (bicyclic) bond motifs is 1. The van der Waals surface area contributed by atoms with E-state index in [0.29, 0.717) is 16.6 Å². The van der Waals surface area contributed by atoms with E-state index in [2.05, 4.69) is 5.32 Å². The number of hydrogen-bond donors (Lipinski definition) is 1. The van der Waals surface area contributed by atoms with Gasteiger partial charge in [-0.05, 0) is 12.1 Å². The molecule has 0 radical (unpaired) electrons. The normalized spacial score (nSPS) is 17.7. The van der Waals surface area contributed by atoms with Gasteiger partial charge in [-0.3, -0.25) is 9.59 Å². The zero-order chi connectivity index (χ0) is 19.6. The highest BCUT2D eigenvalue weighted by atomic mass is 32.2. The summed E-state index contributed by atoms with van der Waals surface area (Å²) in [6.45, 7) is 1.21. The highest BCUT2D eigenvalue weighted by molar-refractivity contribution is 7.94. The maximum absolute atomic E-state index is 12.0. The number of allylic oxidation sites excluding steroid dienone is 1. The number of sulfone groups is 1. The van der Waals surface area contributed by atoms with Crippen LogP contribution in [-0.4, -0.2) is 26.0 Å². The van der Waals surface area contributed by atoms with Crippen LogP contribution in [0, 0.1) is 5.92 Å². The third-order valence-electron chi connectivity index (χ3n) is 3.97. The second-order valence-corrected chi connectivity index (χ2v) is 8.20. The summed E-state index contributed by atoms with van der Waals surface area (Å²) in [5, 5.41) is 4.27. The van der Waals surface area contributed by atoms with Crippen LogP contribution in [0.25, 0.3) is 11.0 Å². The first-order chi connectivity index (χ1) is 12.7.